The predicted octanol–water partition coefficient (Wildman–Crippen LogP) is 3.64. The highest BCUT2D eigenvalue weighted by atomic mass is 16.5. The summed E-state index contributed by atoms with van der Waals surface area (Å²) in [7, 11) is 0. The molecule has 0 amide bonds. The van der Waals surface area contributed by atoms with Gasteiger partial charge in [-0.15, -0.1) is 0 Å². The zero-order valence-corrected chi connectivity index (χ0v) is 10.1. The van der Waals surface area contributed by atoms with Crippen molar-refractivity contribution in [2.75, 3.05) is 6.61 Å². The summed E-state index contributed by atoms with van der Waals surface area (Å²) in [4.78, 5) is 0. The molecule has 2 unspecified atom stereocenters. The molecule has 17 heavy (non-hydrogen) atoms. The molecule has 0 saturated carbocycles. The minimum Gasteiger partial charge on any atom is -0.378 e. The molecule has 2 atom stereocenters. The summed E-state index contributed by atoms with van der Waals surface area (Å²) in [5.41, 5.74) is 1.27. The van der Waals surface area contributed by atoms with Gasteiger partial charge in [0.25, 0.3) is 0 Å². The molecule has 0 radical (unpaired) electrons. The van der Waals surface area contributed by atoms with Crippen LogP contribution in [0.15, 0.2) is 30.3 Å². The summed E-state index contributed by atoms with van der Waals surface area (Å²) in [5.74, 6) is 0.323. The molecule has 2 nitrogen and oxygen atoms in total. The molecule has 0 bridgehead atoms. The average molecular weight is 229 g/mol. The lowest BCUT2D eigenvalue weighted by Crippen LogP contribution is -2.21. The smallest absolute Gasteiger partial charge is 0.0628 e. The van der Waals surface area contributed by atoms with Crippen LogP contribution in [0.3, 0.4) is 0 Å². The summed E-state index contributed by atoms with van der Waals surface area (Å²) in [6, 6.07) is 12.6. The Morgan fingerprint density at radius 2 is 2.12 bits per heavy atom. The number of benzene rings is 1. The molecular weight excluding hydrogens is 210 g/mol. The molecule has 1 aliphatic heterocycles. The van der Waals surface area contributed by atoms with E-state index in [1.54, 1.807) is 0 Å². The zero-order valence-electron chi connectivity index (χ0n) is 10.1. The predicted molar refractivity (Wildman–Crippen MR) is 67.6 cm³/mol. The Balaban J connectivity index is 1.99. The van der Waals surface area contributed by atoms with Gasteiger partial charge in [-0.05, 0) is 37.2 Å². The summed E-state index contributed by atoms with van der Waals surface area (Å²) in [6.07, 6.45) is 5.52. The highest BCUT2D eigenvalue weighted by Crippen LogP contribution is 2.28. The molecule has 1 fully saturated rings. The zero-order chi connectivity index (χ0) is 11.9. The van der Waals surface area contributed by atoms with Gasteiger partial charge in [0.05, 0.1) is 12.2 Å². The molecule has 1 aromatic carbocycles. The van der Waals surface area contributed by atoms with Crippen molar-refractivity contribution in [1.29, 1.82) is 5.26 Å². The highest BCUT2D eigenvalue weighted by molar-refractivity contribution is 5.20. The third-order valence-electron chi connectivity index (χ3n) is 3.43. The highest BCUT2D eigenvalue weighted by Gasteiger charge is 2.20. The Labute approximate surface area is 103 Å². The van der Waals surface area contributed by atoms with E-state index in [0.29, 0.717) is 18.4 Å². The van der Waals surface area contributed by atoms with Crippen LogP contribution in [0, 0.1) is 11.3 Å². The van der Waals surface area contributed by atoms with Crippen molar-refractivity contribution in [1.82, 2.24) is 0 Å². The fraction of sp³-hybridized carbons (Fsp3) is 0.533. The quantitative estimate of drug-likeness (QED) is 0.789. The molecule has 2 rings (SSSR count). The van der Waals surface area contributed by atoms with E-state index in [0.717, 1.165) is 19.4 Å². The van der Waals surface area contributed by atoms with E-state index in [4.69, 9.17) is 10.00 Å². The number of nitrogens with zero attached hydrogens (tertiary/aromatic N) is 1. The van der Waals surface area contributed by atoms with Crippen LogP contribution in [0.2, 0.25) is 0 Å². The van der Waals surface area contributed by atoms with Gasteiger partial charge in [-0.2, -0.15) is 5.26 Å². The van der Waals surface area contributed by atoms with Gasteiger partial charge in [0.2, 0.25) is 0 Å². The van der Waals surface area contributed by atoms with E-state index in [-0.39, 0.29) is 0 Å². The van der Waals surface area contributed by atoms with E-state index in [1.165, 1.54) is 18.4 Å². The van der Waals surface area contributed by atoms with Crippen LogP contribution in [0.25, 0.3) is 0 Å². The number of hydrogen-bond donors (Lipinski definition) is 0. The Morgan fingerprint density at radius 3 is 2.76 bits per heavy atom. The van der Waals surface area contributed by atoms with Crippen LogP contribution in [-0.2, 0) is 4.74 Å². The second-order valence-corrected chi connectivity index (χ2v) is 4.69. The first-order chi connectivity index (χ1) is 8.40. The molecule has 2 heteroatoms. The minimum absolute atomic E-state index is 0.323. The number of rotatable bonds is 4. The molecule has 1 saturated heterocycles. The van der Waals surface area contributed by atoms with Gasteiger partial charge in [0.1, 0.15) is 0 Å². The summed E-state index contributed by atoms with van der Waals surface area (Å²) in [6.45, 7) is 0.888. The van der Waals surface area contributed by atoms with Crippen molar-refractivity contribution in [2.45, 2.75) is 44.1 Å². The molecule has 0 N–H and O–H groups in total. The Morgan fingerprint density at radius 1 is 1.29 bits per heavy atom. The molecule has 1 aromatic rings. The fourth-order valence-corrected chi connectivity index (χ4v) is 2.48. The lowest BCUT2D eigenvalue weighted by Gasteiger charge is -2.26. The molecule has 90 valence electrons. The van der Waals surface area contributed by atoms with Gasteiger partial charge in [0.15, 0.2) is 0 Å². The van der Waals surface area contributed by atoms with Gasteiger partial charge >= 0.3 is 0 Å². The maximum Gasteiger partial charge on any atom is 0.0628 e. The minimum atomic E-state index is 0.323. The van der Waals surface area contributed by atoms with Crippen molar-refractivity contribution in [3.05, 3.63) is 35.9 Å². The first-order valence-electron chi connectivity index (χ1n) is 6.43. The fourth-order valence-electron chi connectivity index (χ4n) is 2.48. The van der Waals surface area contributed by atoms with Crippen molar-refractivity contribution in [3.63, 3.8) is 0 Å². The van der Waals surface area contributed by atoms with Gasteiger partial charge in [-0.3, -0.25) is 0 Å². The van der Waals surface area contributed by atoms with E-state index in [9.17, 15) is 0 Å². The Kier molecular flexibility index (Phi) is 4.58. The number of nitriles is 1. The second-order valence-electron chi connectivity index (χ2n) is 4.69. The lowest BCUT2D eigenvalue weighted by molar-refractivity contribution is 0.00720. The van der Waals surface area contributed by atoms with E-state index in [2.05, 4.69) is 18.2 Å². The standard InChI is InChI=1S/C15H19NO/c16-10-9-14(13-6-2-1-3-7-13)12-15-8-4-5-11-17-15/h1-3,6-7,14-15H,4-5,8-9,11-12H2. The maximum atomic E-state index is 8.94. The Hall–Kier alpha value is -1.33. The van der Waals surface area contributed by atoms with E-state index in [1.807, 2.05) is 18.2 Å². The normalized spacial score (nSPS) is 21.7. The summed E-state index contributed by atoms with van der Waals surface area (Å²) >= 11 is 0. The van der Waals surface area contributed by atoms with Crippen LogP contribution >= 0.6 is 0 Å². The van der Waals surface area contributed by atoms with E-state index >= 15 is 0 Å². The van der Waals surface area contributed by atoms with Crippen molar-refractivity contribution < 1.29 is 4.74 Å². The second kappa shape index (κ2) is 6.42. The maximum absolute atomic E-state index is 8.94. The third-order valence-corrected chi connectivity index (χ3v) is 3.43. The Bertz CT molecular complexity index is 362. The SMILES string of the molecule is N#CCC(CC1CCCCO1)c1ccccc1. The van der Waals surface area contributed by atoms with Crippen LogP contribution in [0.1, 0.15) is 43.6 Å². The van der Waals surface area contributed by atoms with Gasteiger partial charge in [0, 0.05) is 13.0 Å². The number of hydrogen-bond acceptors (Lipinski definition) is 2. The summed E-state index contributed by atoms with van der Waals surface area (Å²) in [5, 5.41) is 8.94. The summed E-state index contributed by atoms with van der Waals surface area (Å²) < 4.78 is 5.77. The van der Waals surface area contributed by atoms with Crippen LogP contribution in [0.4, 0.5) is 0 Å². The first-order valence-corrected chi connectivity index (χ1v) is 6.43. The molecule has 0 aliphatic carbocycles. The third kappa shape index (κ3) is 3.57. The van der Waals surface area contributed by atoms with Crippen molar-refractivity contribution >= 4 is 0 Å². The van der Waals surface area contributed by atoms with E-state index < -0.39 is 0 Å². The van der Waals surface area contributed by atoms with Crippen molar-refractivity contribution in [3.8, 4) is 6.07 Å². The number of ether oxygens (including phenoxy) is 1. The van der Waals surface area contributed by atoms with Crippen LogP contribution < -0.4 is 0 Å². The van der Waals surface area contributed by atoms with Crippen molar-refractivity contribution in [2.24, 2.45) is 0 Å². The van der Waals surface area contributed by atoms with Gasteiger partial charge in [-0.25, -0.2) is 0 Å². The topological polar surface area (TPSA) is 33.0 Å². The van der Waals surface area contributed by atoms with Gasteiger partial charge in [-0.1, -0.05) is 30.3 Å². The monoisotopic (exact) mass is 229 g/mol. The molecule has 1 heterocycles. The average Bonchev–Trinajstić information content (AvgIpc) is 2.40. The molecule has 1 aliphatic rings. The first kappa shape index (κ1) is 12.1. The van der Waals surface area contributed by atoms with Crippen LogP contribution in [-0.4, -0.2) is 12.7 Å². The lowest BCUT2D eigenvalue weighted by atomic mass is 9.89. The molecular formula is C15H19NO. The van der Waals surface area contributed by atoms with Crippen LogP contribution in [0.5, 0.6) is 0 Å². The molecule has 0 aromatic heterocycles. The van der Waals surface area contributed by atoms with Gasteiger partial charge < -0.3 is 4.74 Å². The molecule has 0 spiro atoms. The largest absolute Gasteiger partial charge is 0.378 e.